The van der Waals surface area contributed by atoms with Crippen LogP contribution in [0, 0.1) is 0 Å². The highest BCUT2D eigenvalue weighted by Crippen LogP contribution is 2.03. The maximum Gasteiger partial charge on any atom is 0.123 e. The van der Waals surface area contributed by atoms with E-state index in [0.29, 0.717) is 5.88 Å². The molecule has 0 spiro atoms. The average Bonchev–Trinajstić information content (AvgIpc) is 2.51. The minimum absolute atomic E-state index is 0.196. The van der Waals surface area contributed by atoms with Gasteiger partial charge in [0, 0.05) is 26.0 Å². The van der Waals surface area contributed by atoms with E-state index in [1.54, 1.807) is 13.3 Å². The van der Waals surface area contributed by atoms with Crippen molar-refractivity contribution in [1.82, 2.24) is 9.55 Å². The third-order valence-electron chi connectivity index (χ3n) is 1.78. The molecule has 1 aromatic rings. The van der Waals surface area contributed by atoms with Gasteiger partial charge in [-0.05, 0) is 6.92 Å². The summed E-state index contributed by atoms with van der Waals surface area (Å²) in [7, 11) is 1.70. The molecule has 0 aromatic carbocycles. The number of hydrogen-bond donors (Lipinski definition) is 0. The van der Waals surface area contributed by atoms with E-state index in [2.05, 4.69) is 4.98 Å². The van der Waals surface area contributed by atoms with Crippen molar-refractivity contribution in [2.75, 3.05) is 7.11 Å². The summed E-state index contributed by atoms with van der Waals surface area (Å²) < 4.78 is 7.13. The lowest BCUT2D eigenvalue weighted by atomic mass is 10.4. The van der Waals surface area contributed by atoms with E-state index in [4.69, 9.17) is 16.3 Å². The summed E-state index contributed by atoms with van der Waals surface area (Å²) in [5, 5.41) is 0. The van der Waals surface area contributed by atoms with Gasteiger partial charge < -0.3 is 9.30 Å². The quantitative estimate of drug-likeness (QED) is 0.672. The summed E-state index contributed by atoms with van der Waals surface area (Å²) in [4.78, 5) is 4.10. The summed E-state index contributed by atoms with van der Waals surface area (Å²) >= 11 is 5.68. The zero-order chi connectivity index (χ0) is 8.97. The minimum atomic E-state index is 0.196. The molecule has 0 aliphatic carbocycles. The highest BCUT2D eigenvalue weighted by Gasteiger charge is 2.04. The molecule has 0 N–H and O–H groups in total. The smallest absolute Gasteiger partial charge is 0.123 e. The number of halogens is 1. The van der Waals surface area contributed by atoms with Gasteiger partial charge in [0.05, 0.1) is 12.0 Å². The molecular weight excluding hydrogens is 176 g/mol. The van der Waals surface area contributed by atoms with Crippen LogP contribution in [0.1, 0.15) is 12.7 Å². The van der Waals surface area contributed by atoms with Crippen molar-refractivity contribution in [1.29, 1.82) is 0 Å². The molecule has 0 aliphatic heterocycles. The van der Waals surface area contributed by atoms with Crippen molar-refractivity contribution >= 4 is 11.6 Å². The van der Waals surface area contributed by atoms with E-state index >= 15 is 0 Å². The van der Waals surface area contributed by atoms with Gasteiger partial charge in [0.1, 0.15) is 5.82 Å². The fourth-order valence-electron chi connectivity index (χ4n) is 0.989. The zero-order valence-corrected chi connectivity index (χ0v) is 8.08. The van der Waals surface area contributed by atoms with Crippen LogP contribution in [0.3, 0.4) is 0 Å². The second kappa shape index (κ2) is 4.48. The molecule has 0 saturated carbocycles. The van der Waals surface area contributed by atoms with Crippen LogP contribution >= 0.6 is 11.6 Å². The van der Waals surface area contributed by atoms with E-state index in [1.807, 2.05) is 17.7 Å². The molecule has 68 valence electrons. The SMILES string of the molecule is COC(C)Cn1ccnc1CCl. The van der Waals surface area contributed by atoms with Crippen LogP contribution in [0.15, 0.2) is 12.4 Å². The number of hydrogen-bond acceptors (Lipinski definition) is 2. The monoisotopic (exact) mass is 188 g/mol. The van der Waals surface area contributed by atoms with Crippen LogP contribution in [0.4, 0.5) is 0 Å². The Morgan fingerprint density at radius 2 is 2.50 bits per heavy atom. The van der Waals surface area contributed by atoms with Crippen molar-refractivity contribution in [3.8, 4) is 0 Å². The molecule has 0 aliphatic rings. The second-order valence-corrected chi connectivity index (χ2v) is 2.94. The third-order valence-corrected chi connectivity index (χ3v) is 2.02. The number of ether oxygens (including phenoxy) is 1. The number of aromatic nitrogens is 2. The Hall–Kier alpha value is -0.540. The third kappa shape index (κ3) is 2.22. The number of rotatable bonds is 4. The predicted molar refractivity (Wildman–Crippen MR) is 48.3 cm³/mol. The standard InChI is InChI=1S/C8H13ClN2O/c1-7(12-2)6-11-4-3-10-8(11)5-9/h3-4,7H,5-6H2,1-2H3. The van der Waals surface area contributed by atoms with Crippen molar-refractivity contribution in [3.63, 3.8) is 0 Å². The molecule has 12 heavy (non-hydrogen) atoms. The maximum atomic E-state index is 5.68. The van der Waals surface area contributed by atoms with Gasteiger partial charge in [-0.15, -0.1) is 11.6 Å². The number of imidazole rings is 1. The zero-order valence-electron chi connectivity index (χ0n) is 7.33. The first-order chi connectivity index (χ1) is 5.77. The average molecular weight is 189 g/mol. The normalized spacial score (nSPS) is 13.2. The lowest BCUT2D eigenvalue weighted by Gasteiger charge is -2.11. The molecule has 1 rings (SSSR count). The molecule has 4 heteroatoms. The molecule has 0 radical (unpaired) electrons. The molecule has 0 fully saturated rings. The Labute approximate surface area is 77.3 Å². The predicted octanol–water partition coefficient (Wildman–Crippen LogP) is 1.66. The molecule has 0 bridgehead atoms. The Kier molecular flexibility index (Phi) is 3.56. The number of alkyl halides is 1. The van der Waals surface area contributed by atoms with Gasteiger partial charge in [-0.2, -0.15) is 0 Å². The summed E-state index contributed by atoms with van der Waals surface area (Å²) in [5.74, 6) is 1.34. The van der Waals surface area contributed by atoms with E-state index in [-0.39, 0.29) is 6.10 Å². The molecule has 1 unspecified atom stereocenters. The number of methoxy groups -OCH3 is 1. The largest absolute Gasteiger partial charge is 0.380 e. The van der Waals surface area contributed by atoms with Crippen molar-refractivity contribution in [2.45, 2.75) is 25.5 Å². The molecule has 0 amide bonds. The summed E-state index contributed by atoms with van der Waals surface area (Å²) in [5.41, 5.74) is 0. The van der Waals surface area contributed by atoms with Crippen LogP contribution in [0.5, 0.6) is 0 Å². The van der Waals surface area contributed by atoms with Gasteiger partial charge in [0.25, 0.3) is 0 Å². The summed E-state index contributed by atoms with van der Waals surface area (Å²) in [6.07, 6.45) is 3.86. The number of nitrogens with zero attached hydrogens (tertiary/aromatic N) is 2. The van der Waals surface area contributed by atoms with Crippen LogP contribution in [-0.4, -0.2) is 22.8 Å². The van der Waals surface area contributed by atoms with Gasteiger partial charge in [0.2, 0.25) is 0 Å². The minimum Gasteiger partial charge on any atom is -0.380 e. The lowest BCUT2D eigenvalue weighted by Crippen LogP contribution is -2.15. The van der Waals surface area contributed by atoms with Gasteiger partial charge in [-0.25, -0.2) is 4.98 Å². The molecular formula is C8H13ClN2O. The van der Waals surface area contributed by atoms with E-state index in [9.17, 15) is 0 Å². The van der Waals surface area contributed by atoms with Gasteiger partial charge in [-0.1, -0.05) is 0 Å². The van der Waals surface area contributed by atoms with Crippen LogP contribution in [0.25, 0.3) is 0 Å². The molecule has 1 aromatic heterocycles. The first kappa shape index (κ1) is 9.55. The van der Waals surface area contributed by atoms with Crippen LogP contribution < -0.4 is 0 Å². The first-order valence-corrected chi connectivity index (χ1v) is 4.40. The lowest BCUT2D eigenvalue weighted by molar-refractivity contribution is 0.102. The Bertz CT molecular complexity index is 237. The highest BCUT2D eigenvalue weighted by molar-refractivity contribution is 6.16. The highest BCUT2D eigenvalue weighted by atomic mass is 35.5. The van der Waals surface area contributed by atoms with Crippen molar-refractivity contribution < 1.29 is 4.74 Å². The molecule has 1 atom stereocenters. The second-order valence-electron chi connectivity index (χ2n) is 2.68. The van der Waals surface area contributed by atoms with Gasteiger partial charge in [0.15, 0.2) is 0 Å². The molecule has 0 saturated heterocycles. The van der Waals surface area contributed by atoms with Crippen molar-refractivity contribution in [3.05, 3.63) is 18.2 Å². The van der Waals surface area contributed by atoms with Crippen LogP contribution in [-0.2, 0) is 17.2 Å². The fraction of sp³-hybridized carbons (Fsp3) is 0.625. The molecule has 1 heterocycles. The van der Waals surface area contributed by atoms with Gasteiger partial charge >= 0.3 is 0 Å². The van der Waals surface area contributed by atoms with Crippen LogP contribution in [0.2, 0.25) is 0 Å². The Morgan fingerprint density at radius 3 is 3.08 bits per heavy atom. The van der Waals surface area contributed by atoms with Crippen molar-refractivity contribution in [2.24, 2.45) is 0 Å². The van der Waals surface area contributed by atoms with Gasteiger partial charge in [-0.3, -0.25) is 0 Å². The Morgan fingerprint density at radius 1 is 1.75 bits per heavy atom. The fourth-order valence-corrected chi connectivity index (χ4v) is 1.21. The van der Waals surface area contributed by atoms with E-state index < -0.39 is 0 Å². The summed E-state index contributed by atoms with van der Waals surface area (Å²) in [6.45, 7) is 2.82. The topological polar surface area (TPSA) is 27.1 Å². The van der Waals surface area contributed by atoms with E-state index in [0.717, 1.165) is 12.4 Å². The Balaban J connectivity index is 2.61. The summed E-state index contributed by atoms with van der Waals surface area (Å²) in [6, 6.07) is 0. The maximum absolute atomic E-state index is 5.68. The first-order valence-electron chi connectivity index (χ1n) is 3.86. The molecule has 3 nitrogen and oxygen atoms in total. The van der Waals surface area contributed by atoms with E-state index in [1.165, 1.54) is 0 Å².